The summed E-state index contributed by atoms with van der Waals surface area (Å²) in [6, 6.07) is 0. The second-order valence-electron chi connectivity index (χ2n) is 3.19. The van der Waals surface area contributed by atoms with Gasteiger partial charge in [0.1, 0.15) is 6.10 Å². The maximum Gasteiger partial charge on any atom is 0.122 e. The zero-order valence-electron chi connectivity index (χ0n) is 9.27. The van der Waals surface area contributed by atoms with E-state index in [1.165, 1.54) is 0 Å². The summed E-state index contributed by atoms with van der Waals surface area (Å²) in [5.74, 6) is 0. The average Bonchev–Trinajstić information content (AvgIpc) is 2.14. The molecule has 0 aromatic rings. The molecule has 79 valence electrons. The lowest BCUT2D eigenvalue weighted by atomic mass is 10.2. The van der Waals surface area contributed by atoms with Crippen molar-refractivity contribution in [2.75, 3.05) is 19.8 Å². The Labute approximate surface area is 82.6 Å². The first kappa shape index (κ1) is 12.9. The van der Waals surface area contributed by atoms with Crippen molar-refractivity contribution in [2.24, 2.45) is 0 Å². The minimum Gasteiger partial charge on any atom is -0.378 e. The maximum absolute atomic E-state index is 5.57. The number of rotatable bonds is 9. The number of hydrogen-bond donors (Lipinski definition) is 0. The minimum atomic E-state index is 0.682. The average molecular weight is 187 g/mol. The first-order valence-electron chi connectivity index (χ1n) is 5.40. The van der Waals surface area contributed by atoms with E-state index in [1.807, 2.05) is 0 Å². The first-order valence-corrected chi connectivity index (χ1v) is 5.40. The molecule has 0 aliphatic carbocycles. The fourth-order valence-corrected chi connectivity index (χ4v) is 1.04. The topological polar surface area (TPSA) is 18.5 Å². The third-order valence-corrected chi connectivity index (χ3v) is 1.65. The highest BCUT2D eigenvalue weighted by Crippen LogP contribution is 2.11. The van der Waals surface area contributed by atoms with E-state index >= 15 is 0 Å². The van der Waals surface area contributed by atoms with Gasteiger partial charge in [-0.2, -0.15) is 0 Å². The van der Waals surface area contributed by atoms with Gasteiger partial charge in [0, 0.05) is 13.2 Å². The normalized spacial score (nSPS) is 11.1. The predicted molar refractivity (Wildman–Crippen MR) is 55.5 cm³/mol. The molecule has 0 aromatic carbocycles. The Hall–Kier alpha value is -0.0800. The van der Waals surface area contributed by atoms with Crippen LogP contribution in [0.15, 0.2) is 0 Å². The molecule has 0 aliphatic rings. The lowest BCUT2D eigenvalue weighted by Gasteiger charge is -2.15. The summed E-state index contributed by atoms with van der Waals surface area (Å²) in [5.41, 5.74) is 0. The van der Waals surface area contributed by atoms with E-state index < -0.39 is 0 Å². The van der Waals surface area contributed by atoms with E-state index in [4.69, 9.17) is 9.47 Å². The minimum absolute atomic E-state index is 0.682. The Balaban J connectivity index is 3.41. The summed E-state index contributed by atoms with van der Waals surface area (Å²) in [6.45, 7) is 8.74. The number of ether oxygens (including phenoxy) is 2. The van der Waals surface area contributed by atoms with Gasteiger partial charge in [-0.15, -0.1) is 0 Å². The Morgan fingerprint density at radius 1 is 0.923 bits per heavy atom. The summed E-state index contributed by atoms with van der Waals surface area (Å²) in [4.78, 5) is 0. The van der Waals surface area contributed by atoms with Crippen molar-refractivity contribution in [3.63, 3.8) is 0 Å². The van der Waals surface area contributed by atoms with Gasteiger partial charge in [0.2, 0.25) is 0 Å². The van der Waals surface area contributed by atoms with Gasteiger partial charge >= 0.3 is 0 Å². The molecule has 0 amide bonds. The van der Waals surface area contributed by atoms with E-state index in [9.17, 15) is 0 Å². The molecule has 0 saturated carbocycles. The van der Waals surface area contributed by atoms with Crippen LogP contribution in [0.2, 0.25) is 0 Å². The fraction of sp³-hybridized carbons (Fsp3) is 0.909. The van der Waals surface area contributed by atoms with Gasteiger partial charge in [0.15, 0.2) is 0 Å². The van der Waals surface area contributed by atoms with Crippen molar-refractivity contribution in [3.05, 3.63) is 6.10 Å². The van der Waals surface area contributed by atoms with Gasteiger partial charge in [0.05, 0.1) is 6.61 Å². The van der Waals surface area contributed by atoms with Gasteiger partial charge in [-0.25, -0.2) is 0 Å². The van der Waals surface area contributed by atoms with Gasteiger partial charge in [-0.1, -0.05) is 27.2 Å². The predicted octanol–water partition coefficient (Wildman–Crippen LogP) is 3.17. The van der Waals surface area contributed by atoms with Crippen LogP contribution in [0, 0.1) is 6.10 Å². The van der Waals surface area contributed by atoms with Crippen LogP contribution < -0.4 is 0 Å². The van der Waals surface area contributed by atoms with Crippen molar-refractivity contribution in [2.45, 2.75) is 46.5 Å². The summed E-state index contributed by atoms with van der Waals surface area (Å²) < 4.78 is 11.0. The summed E-state index contributed by atoms with van der Waals surface area (Å²) in [5, 5.41) is 0. The van der Waals surface area contributed by atoms with E-state index in [1.54, 1.807) is 0 Å². The molecule has 2 heteroatoms. The highest BCUT2D eigenvalue weighted by atomic mass is 16.5. The van der Waals surface area contributed by atoms with Crippen LogP contribution in [0.4, 0.5) is 0 Å². The molecular weight excluding hydrogens is 164 g/mol. The second kappa shape index (κ2) is 10.0. The first-order chi connectivity index (χ1) is 6.35. The largest absolute Gasteiger partial charge is 0.378 e. The van der Waals surface area contributed by atoms with Crippen molar-refractivity contribution >= 4 is 0 Å². The molecule has 0 aromatic heterocycles. The van der Waals surface area contributed by atoms with Crippen LogP contribution >= 0.6 is 0 Å². The van der Waals surface area contributed by atoms with Crippen LogP contribution in [0.25, 0.3) is 0 Å². The van der Waals surface area contributed by atoms with Gasteiger partial charge in [-0.05, 0) is 19.3 Å². The van der Waals surface area contributed by atoms with Crippen molar-refractivity contribution in [3.8, 4) is 0 Å². The molecule has 0 rings (SSSR count). The van der Waals surface area contributed by atoms with Crippen LogP contribution in [0.1, 0.15) is 46.5 Å². The fourth-order valence-electron chi connectivity index (χ4n) is 1.04. The zero-order valence-corrected chi connectivity index (χ0v) is 9.27. The highest BCUT2D eigenvalue weighted by molar-refractivity contribution is 4.77. The van der Waals surface area contributed by atoms with Gasteiger partial charge in [-0.3, -0.25) is 0 Å². The van der Waals surface area contributed by atoms with Crippen molar-refractivity contribution < 1.29 is 9.47 Å². The Morgan fingerprint density at radius 2 is 1.62 bits per heavy atom. The molecule has 0 unspecified atom stereocenters. The Kier molecular flexibility index (Phi) is 9.94. The van der Waals surface area contributed by atoms with E-state index in [0.717, 1.165) is 45.0 Å². The van der Waals surface area contributed by atoms with E-state index in [2.05, 4.69) is 20.8 Å². The third kappa shape index (κ3) is 8.26. The van der Waals surface area contributed by atoms with Gasteiger partial charge in [0.25, 0.3) is 0 Å². The van der Waals surface area contributed by atoms with Crippen LogP contribution in [0.5, 0.6) is 0 Å². The highest BCUT2D eigenvalue weighted by Gasteiger charge is 2.08. The SMILES string of the molecule is CCCOC[C](CCC)OCCC. The standard InChI is InChI=1S/C11H23O2/c1-4-7-11(13-9-6-3)10-12-8-5-2/h4-10H2,1-3H3. The number of hydrogen-bond acceptors (Lipinski definition) is 2. The third-order valence-electron chi connectivity index (χ3n) is 1.65. The van der Waals surface area contributed by atoms with Crippen molar-refractivity contribution in [1.29, 1.82) is 0 Å². The molecule has 2 nitrogen and oxygen atoms in total. The van der Waals surface area contributed by atoms with Crippen molar-refractivity contribution in [1.82, 2.24) is 0 Å². The van der Waals surface area contributed by atoms with Crippen LogP contribution in [-0.4, -0.2) is 19.8 Å². The molecule has 0 aliphatic heterocycles. The summed E-state index contributed by atoms with van der Waals surface area (Å²) in [6.07, 6.45) is 5.42. The summed E-state index contributed by atoms with van der Waals surface area (Å²) >= 11 is 0. The monoisotopic (exact) mass is 187 g/mol. The molecule has 0 atom stereocenters. The lowest BCUT2D eigenvalue weighted by molar-refractivity contribution is 0.0464. The second-order valence-corrected chi connectivity index (χ2v) is 3.19. The van der Waals surface area contributed by atoms with E-state index in [0.29, 0.717) is 6.61 Å². The quantitative estimate of drug-likeness (QED) is 0.516. The molecule has 0 spiro atoms. The molecular formula is C11H23O2. The molecule has 0 bridgehead atoms. The zero-order chi connectivity index (χ0) is 9.94. The molecule has 1 radical (unpaired) electrons. The smallest absolute Gasteiger partial charge is 0.122 e. The lowest BCUT2D eigenvalue weighted by Crippen LogP contribution is -2.12. The molecule has 0 heterocycles. The molecule has 0 N–H and O–H groups in total. The Morgan fingerprint density at radius 3 is 2.15 bits per heavy atom. The molecule has 0 fully saturated rings. The van der Waals surface area contributed by atoms with Crippen LogP contribution in [-0.2, 0) is 9.47 Å². The van der Waals surface area contributed by atoms with E-state index in [-0.39, 0.29) is 0 Å². The molecule has 0 saturated heterocycles. The van der Waals surface area contributed by atoms with Crippen LogP contribution in [0.3, 0.4) is 0 Å². The molecule has 13 heavy (non-hydrogen) atoms. The maximum atomic E-state index is 5.57. The van der Waals surface area contributed by atoms with Gasteiger partial charge < -0.3 is 9.47 Å². The Bertz CT molecular complexity index is 94.1. The summed E-state index contributed by atoms with van der Waals surface area (Å²) in [7, 11) is 0.